The largest absolute Gasteiger partial charge is 0.331 e. The van der Waals surface area contributed by atoms with Gasteiger partial charge in [0.15, 0.2) is 9.84 Å². The van der Waals surface area contributed by atoms with Crippen molar-refractivity contribution < 1.29 is 18.0 Å². The molecule has 2 atom stereocenters. The lowest BCUT2D eigenvalue weighted by atomic mass is 10.0. The molecular formula is C14H21N5O4S. The molecule has 1 aromatic rings. The van der Waals surface area contributed by atoms with E-state index < -0.39 is 21.9 Å². The van der Waals surface area contributed by atoms with E-state index in [1.165, 1.54) is 4.90 Å². The zero-order chi connectivity index (χ0) is 17.6. The summed E-state index contributed by atoms with van der Waals surface area (Å²) in [6.45, 7) is 2.39. The summed E-state index contributed by atoms with van der Waals surface area (Å²) in [5, 5.41) is 6.69. The van der Waals surface area contributed by atoms with Gasteiger partial charge in [-0.1, -0.05) is 0 Å². The second kappa shape index (κ2) is 5.76. The van der Waals surface area contributed by atoms with Gasteiger partial charge in [0.2, 0.25) is 0 Å². The summed E-state index contributed by atoms with van der Waals surface area (Å²) in [5.41, 5.74) is 1.03. The Balaban J connectivity index is 1.90. The second-order valence-electron chi connectivity index (χ2n) is 6.52. The monoisotopic (exact) mass is 355 g/mol. The number of aromatic amines is 1. The number of carbonyl (C=O) groups excluding carboxylic acids is 2. The molecule has 0 aliphatic carbocycles. The van der Waals surface area contributed by atoms with Crippen molar-refractivity contribution in [2.45, 2.75) is 19.0 Å². The quantitative estimate of drug-likeness (QED) is 0.718. The molecule has 2 fully saturated rings. The lowest BCUT2D eigenvalue weighted by Gasteiger charge is -2.44. The van der Waals surface area contributed by atoms with Gasteiger partial charge in [0.25, 0.3) is 5.91 Å². The van der Waals surface area contributed by atoms with Gasteiger partial charge in [0, 0.05) is 32.9 Å². The predicted molar refractivity (Wildman–Crippen MR) is 86.4 cm³/mol. The first kappa shape index (κ1) is 16.7. The normalized spacial score (nSPS) is 25.5. The molecule has 0 aromatic carbocycles. The van der Waals surface area contributed by atoms with E-state index in [1.54, 1.807) is 36.9 Å². The Morgan fingerprint density at radius 1 is 1.21 bits per heavy atom. The first-order chi connectivity index (χ1) is 11.2. The third-order valence-corrected chi connectivity index (χ3v) is 6.19. The molecule has 10 heteroatoms. The lowest BCUT2D eigenvalue weighted by molar-refractivity contribution is 0.0388. The van der Waals surface area contributed by atoms with E-state index in [1.807, 2.05) is 0 Å². The second-order valence-corrected chi connectivity index (χ2v) is 8.67. The highest BCUT2D eigenvalue weighted by Crippen LogP contribution is 2.28. The van der Waals surface area contributed by atoms with Crippen LogP contribution in [0.15, 0.2) is 6.07 Å². The molecule has 1 aromatic heterocycles. The van der Waals surface area contributed by atoms with Crippen LogP contribution >= 0.6 is 0 Å². The summed E-state index contributed by atoms with van der Waals surface area (Å²) in [5.74, 6) is -0.534. The van der Waals surface area contributed by atoms with Crippen LogP contribution in [0, 0.1) is 6.92 Å². The number of amides is 3. The number of fused-ring (bicyclic) bond motifs is 1. The Morgan fingerprint density at radius 3 is 2.33 bits per heavy atom. The van der Waals surface area contributed by atoms with E-state index in [0.29, 0.717) is 13.1 Å². The Hall–Kier alpha value is -2.10. The molecule has 132 valence electrons. The van der Waals surface area contributed by atoms with E-state index in [0.717, 1.165) is 5.69 Å². The third-order valence-electron chi connectivity index (χ3n) is 4.49. The van der Waals surface area contributed by atoms with Crippen LogP contribution in [-0.2, 0) is 9.84 Å². The van der Waals surface area contributed by atoms with Crippen molar-refractivity contribution in [1.29, 1.82) is 0 Å². The van der Waals surface area contributed by atoms with E-state index in [-0.39, 0.29) is 29.1 Å². The molecule has 3 rings (SSSR count). The average molecular weight is 355 g/mol. The van der Waals surface area contributed by atoms with Gasteiger partial charge in [-0.2, -0.15) is 5.10 Å². The number of hydrogen-bond donors (Lipinski definition) is 1. The highest BCUT2D eigenvalue weighted by Gasteiger charge is 2.50. The molecule has 0 saturated carbocycles. The maximum absolute atomic E-state index is 12.7. The zero-order valence-electron chi connectivity index (χ0n) is 13.9. The zero-order valence-corrected chi connectivity index (χ0v) is 14.7. The van der Waals surface area contributed by atoms with Crippen LogP contribution in [0.5, 0.6) is 0 Å². The molecule has 24 heavy (non-hydrogen) atoms. The van der Waals surface area contributed by atoms with Crippen molar-refractivity contribution in [1.82, 2.24) is 24.9 Å². The van der Waals surface area contributed by atoms with Crippen LogP contribution in [-0.4, -0.2) is 96.0 Å². The van der Waals surface area contributed by atoms with Crippen molar-refractivity contribution in [2.24, 2.45) is 0 Å². The number of carbonyl (C=O) groups is 2. The molecule has 2 saturated heterocycles. The van der Waals surface area contributed by atoms with Crippen molar-refractivity contribution >= 4 is 21.8 Å². The van der Waals surface area contributed by atoms with Gasteiger partial charge in [0.1, 0.15) is 5.69 Å². The molecule has 0 unspecified atom stereocenters. The first-order valence-electron chi connectivity index (χ1n) is 7.71. The summed E-state index contributed by atoms with van der Waals surface area (Å²) in [6.07, 6.45) is 0. The predicted octanol–water partition coefficient (Wildman–Crippen LogP) is -0.677. The summed E-state index contributed by atoms with van der Waals surface area (Å²) in [4.78, 5) is 29.6. The van der Waals surface area contributed by atoms with Gasteiger partial charge in [-0.05, 0) is 13.0 Å². The number of nitrogens with zero attached hydrogens (tertiary/aromatic N) is 4. The van der Waals surface area contributed by atoms with Crippen LogP contribution in [0.1, 0.15) is 16.2 Å². The minimum absolute atomic E-state index is 0.110. The van der Waals surface area contributed by atoms with Crippen LogP contribution in [0.25, 0.3) is 0 Å². The summed E-state index contributed by atoms with van der Waals surface area (Å²) in [7, 11) is -0.0393. The summed E-state index contributed by atoms with van der Waals surface area (Å²) < 4.78 is 24.3. The molecule has 0 spiro atoms. The molecule has 3 heterocycles. The smallest absolute Gasteiger partial charge is 0.319 e. The maximum Gasteiger partial charge on any atom is 0.319 e. The maximum atomic E-state index is 12.7. The van der Waals surface area contributed by atoms with E-state index in [2.05, 4.69) is 10.2 Å². The fourth-order valence-electron chi connectivity index (χ4n) is 3.37. The molecular weight excluding hydrogens is 334 g/mol. The number of piperazine rings is 1. The van der Waals surface area contributed by atoms with Crippen LogP contribution in [0.2, 0.25) is 0 Å². The third kappa shape index (κ3) is 2.85. The number of aryl methyl sites for hydroxylation is 1. The minimum Gasteiger partial charge on any atom is -0.331 e. The fraction of sp³-hybridized carbons (Fsp3) is 0.643. The summed E-state index contributed by atoms with van der Waals surface area (Å²) >= 11 is 0. The van der Waals surface area contributed by atoms with E-state index >= 15 is 0 Å². The van der Waals surface area contributed by atoms with Crippen molar-refractivity contribution in [3.05, 3.63) is 17.5 Å². The van der Waals surface area contributed by atoms with Gasteiger partial charge in [-0.15, -0.1) is 0 Å². The molecule has 2 aliphatic heterocycles. The van der Waals surface area contributed by atoms with Gasteiger partial charge < -0.3 is 14.7 Å². The number of hydrogen-bond acceptors (Lipinski definition) is 5. The van der Waals surface area contributed by atoms with E-state index in [4.69, 9.17) is 0 Å². The lowest BCUT2D eigenvalue weighted by Crippen LogP contribution is -2.63. The molecule has 2 aliphatic rings. The fourth-order valence-corrected chi connectivity index (χ4v) is 5.36. The first-order valence-corrected chi connectivity index (χ1v) is 9.53. The number of aromatic nitrogens is 2. The van der Waals surface area contributed by atoms with E-state index in [9.17, 15) is 18.0 Å². The highest BCUT2D eigenvalue weighted by molar-refractivity contribution is 7.91. The SMILES string of the molecule is Cc1cc(C(=O)N2CCN(C(=O)N(C)C)[C@@H]3CS(=O)(=O)C[C@@H]32)n[nH]1. The molecule has 3 amide bonds. The van der Waals surface area contributed by atoms with Crippen LogP contribution in [0.4, 0.5) is 4.79 Å². The van der Waals surface area contributed by atoms with Gasteiger partial charge in [-0.25, -0.2) is 13.2 Å². The van der Waals surface area contributed by atoms with Gasteiger partial charge in [-0.3, -0.25) is 9.89 Å². The van der Waals surface area contributed by atoms with Crippen molar-refractivity contribution in [3.8, 4) is 0 Å². The standard InChI is InChI=1S/C14H21N5O4S/c1-9-6-10(16-15-9)13(20)18-4-5-19(14(21)17(2)3)12-8-24(22,23)7-11(12)18/h6,11-12H,4-5,7-8H2,1-3H3,(H,15,16)/t11-,12+/m0/s1. The summed E-state index contributed by atoms with van der Waals surface area (Å²) in [6, 6.07) is 0.364. The van der Waals surface area contributed by atoms with Crippen LogP contribution < -0.4 is 0 Å². The van der Waals surface area contributed by atoms with Crippen molar-refractivity contribution in [2.75, 3.05) is 38.7 Å². The number of sulfone groups is 1. The molecule has 1 N–H and O–H groups in total. The Bertz CT molecular complexity index is 772. The van der Waals surface area contributed by atoms with Crippen molar-refractivity contribution in [3.63, 3.8) is 0 Å². The number of rotatable bonds is 1. The highest BCUT2D eigenvalue weighted by atomic mass is 32.2. The number of H-pyrrole nitrogens is 1. The van der Waals surface area contributed by atoms with Gasteiger partial charge >= 0.3 is 6.03 Å². The van der Waals surface area contributed by atoms with Gasteiger partial charge in [0.05, 0.1) is 23.6 Å². The molecule has 9 nitrogen and oxygen atoms in total. The number of nitrogens with one attached hydrogen (secondary N) is 1. The molecule has 0 bridgehead atoms. The van der Waals surface area contributed by atoms with Crippen LogP contribution in [0.3, 0.4) is 0 Å². The Kier molecular flexibility index (Phi) is 4.02. The Morgan fingerprint density at radius 2 is 1.79 bits per heavy atom. The minimum atomic E-state index is -3.30. The Labute approximate surface area is 140 Å². The topological polar surface area (TPSA) is 107 Å². The molecule has 0 radical (unpaired) electrons. The number of urea groups is 1. The average Bonchev–Trinajstić information content (AvgIpc) is 3.06.